The molecule has 3 aromatic heterocycles. The van der Waals surface area contributed by atoms with Crippen LogP contribution in [0.5, 0.6) is 0 Å². The van der Waals surface area contributed by atoms with E-state index in [1.54, 1.807) is 0 Å². The molecular formula is C38H23N3O. The molecule has 6 aromatic carbocycles. The molecule has 4 nitrogen and oxygen atoms in total. The van der Waals surface area contributed by atoms with Crippen LogP contribution in [0.1, 0.15) is 0 Å². The van der Waals surface area contributed by atoms with E-state index in [4.69, 9.17) is 14.4 Å². The van der Waals surface area contributed by atoms with Gasteiger partial charge in [0.2, 0.25) is 5.95 Å². The summed E-state index contributed by atoms with van der Waals surface area (Å²) in [4.78, 5) is 10.4. The number of hydrogen-bond acceptors (Lipinski definition) is 3. The third-order valence-electron chi connectivity index (χ3n) is 8.22. The van der Waals surface area contributed by atoms with E-state index in [0.29, 0.717) is 5.95 Å². The van der Waals surface area contributed by atoms with E-state index in [1.807, 2.05) is 36.4 Å². The highest BCUT2D eigenvalue weighted by molar-refractivity contribution is 6.24. The molecule has 0 saturated carbocycles. The molecule has 0 aliphatic carbocycles. The molecule has 196 valence electrons. The summed E-state index contributed by atoms with van der Waals surface area (Å²) < 4.78 is 8.74. The van der Waals surface area contributed by atoms with E-state index in [9.17, 15) is 0 Å². The van der Waals surface area contributed by atoms with Crippen LogP contribution in [0.15, 0.2) is 144 Å². The lowest BCUT2D eigenvalue weighted by Gasteiger charge is -2.12. The molecule has 0 spiro atoms. The van der Waals surface area contributed by atoms with Gasteiger partial charge in [-0.25, -0.2) is 9.97 Å². The largest absolute Gasteiger partial charge is 0.455 e. The van der Waals surface area contributed by atoms with Gasteiger partial charge in [-0.15, -0.1) is 0 Å². The first kappa shape index (κ1) is 23.0. The molecule has 0 amide bonds. The number of fused-ring (bicyclic) bond motifs is 8. The third kappa shape index (κ3) is 3.36. The van der Waals surface area contributed by atoms with Crippen molar-refractivity contribution in [1.29, 1.82) is 0 Å². The maximum Gasteiger partial charge on any atom is 0.235 e. The lowest BCUT2D eigenvalue weighted by Crippen LogP contribution is -2.03. The van der Waals surface area contributed by atoms with Gasteiger partial charge in [-0.3, -0.25) is 4.57 Å². The van der Waals surface area contributed by atoms with E-state index < -0.39 is 0 Å². The lowest BCUT2D eigenvalue weighted by atomic mass is 10.0. The molecule has 0 atom stereocenters. The molecule has 0 unspecified atom stereocenters. The van der Waals surface area contributed by atoms with Gasteiger partial charge in [-0.1, -0.05) is 109 Å². The summed E-state index contributed by atoms with van der Waals surface area (Å²) in [5.74, 6) is 0.633. The van der Waals surface area contributed by atoms with Crippen LogP contribution in [0.25, 0.3) is 83.0 Å². The molecule has 9 rings (SSSR count). The Balaban J connectivity index is 1.44. The first-order valence-electron chi connectivity index (χ1n) is 14.1. The zero-order chi connectivity index (χ0) is 27.6. The van der Waals surface area contributed by atoms with Gasteiger partial charge in [-0.05, 0) is 41.5 Å². The normalized spacial score (nSPS) is 11.8. The summed E-state index contributed by atoms with van der Waals surface area (Å²) in [5, 5.41) is 5.42. The van der Waals surface area contributed by atoms with Gasteiger partial charge in [0.05, 0.1) is 27.6 Å². The number of benzene rings is 6. The van der Waals surface area contributed by atoms with Gasteiger partial charge in [0.25, 0.3) is 0 Å². The van der Waals surface area contributed by atoms with Gasteiger partial charge < -0.3 is 4.42 Å². The lowest BCUT2D eigenvalue weighted by molar-refractivity contribution is 0.673. The fraction of sp³-hybridized carbons (Fsp3) is 0. The Bertz CT molecular complexity index is 2460. The Morgan fingerprint density at radius 1 is 0.476 bits per heavy atom. The molecule has 0 aliphatic rings. The van der Waals surface area contributed by atoms with Gasteiger partial charge >= 0.3 is 0 Å². The van der Waals surface area contributed by atoms with Crippen LogP contribution in [0.2, 0.25) is 0 Å². The second-order valence-electron chi connectivity index (χ2n) is 10.6. The molecule has 3 heterocycles. The average molecular weight is 538 g/mol. The Hall–Kier alpha value is -5.74. The summed E-state index contributed by atoms with van der Waals surface area (Å²) in [6.45, 7) is 0. The smallest absolute Gasteiger partial charge is 0.235 e. The molecule has 9 aromatic rings. The van der Waals surface area contributed by atoms with Crippen molar-refractivity contribution < 1.29 is 4.42 Å². The van der Waals surface area contributed by atoms with E-state index >= 15 is 0 Å². The number of rotatable bonds is 3. The maximum absolute atomic E-state index is 6.55. The van der Waals surface area contributed by atoms with Crippen molar-refractivity contribution >= 4 is 54.6 Å². The SMILES string of the molecule is c1ccc(-c2ccc3c4c5oc6ccccc6c5ccc4n(-c4nc(-c5ccccc5)c5ccccc5n4)c3c2)cc1. The van der Waals surface area contributed by atoms with Crippen LogP contribution in [0.4, 0.5) is 0 Å². The quantitative estimate of drug-likeness (QED) is 0.225. The Labute approximate surface area is 241 Å². The van der Waals surface area contributed by atoms with Gasteiger partial charge in [0.15, 0.2) is 0 Å². The van der Waals surface area contributed by atoms with Crippen molar-refractivity contribution in [2.45, 2.75) is 0 Å². The average Bonchev–Trinajstić information content (AvgIpc) is 3.60. The first-order valence-corrected chi connectivity index (χ1v) is 14.1. The monoisotopic (exact) mass is 537 g/mol. The van der Waals surface area contributed by atoms with Crippen LogP contribution in [-0.4, -0.2) is 14.5 Å². The Kier molecular flexibility index (Phi) is 4.87. The zero-order valence-corrected chi connectivity index (χ0v) is 22.5. The van der Waals surface area contributed by atoms with E-state index in [0.717, 1.165) is 77.0 Å². The Morgan fingerprint density at radius 2 is 1.17 bits per heavy atom. The second-order valence-corrected chi connectivity index (χ2v) is 10.6. The molecule has 0 aliphatic heterocycles. The van der Waals surface area contributed by atoms with Crippen LogP contribution in [0.3, 0.4) is 0 Å². The van der Waals surface area contributed by atoms with Crippen molar-refractivity contribution in [2.24, 2.45) is 0 Å². The van der Waals surface area contributed by atoms with Crippen molar-refractivity contribution in [2.75, 3.05) is 0 Å². The minimum absolute atomic E-state index is 0.633. The summed E-state index contributed by atoms with van der Waals surface area (Å²) in [6, 6.07) is 48.3. The van der Waals surface area contributed by atoms with E-state index in [1.165, 1.54) is 0 Å². The maximum atomic E-state index is 6.55. The zero-order valence-electron chi connectivity index (χ0n) is 22.5. The Morgan fingerprint density at radius 3 is 2.00 bits per heavy atom. The molecule has 0 saturated heterocycles. The number of aromatic nitrogens is 3. The highest BCUT2D eigenvalue weighted by Crippen LogP contribution is 2.41. The molecule has 0 fully saturated rings. The predicted octanol–water partition coefficient (Wildman–Crippen LogP) is 9.96. The van der Waals surface area contributed by atoms with Crippen LogP contribution in [0, 0.1) is 0 Å². The summed E-state index contributed by atoms with van der Waals surface area (Å²) >= 11 is 0. The van der Waals surface area contributed by atoms with Crippen LogP contribution >= 0.6 is 0 Å². The minimum Gasteiger partial charge on any atom is -0.455 e. The standard InChI is InChI=1S/C38H23N3O/c1-3-11-24(12-4-1)26-19-20-30-33(23-26)41(32-22-21-28-27-15-8-10-18-34(27)42-37(28)35(30)32)38-39-31-17-9-7-16-29(31)36(40-38)25-13-5-2-6-14-25/h1-23H. The fourth-order valence-corrected chi connectivity index (χ4v) is 6.29. The highest BCUT2D eigenvalue weighted by Gasteiger charge is 2.21. The second kappa shape index (κ2) is 8.88. The van der Waals surface area contributed by atoms with Crippen molar-refractivity contribution in [3.05, 3.63) is 140 Å². The number of hydrogen-bond donors (Lipinski definition) is 0. The third-order valence-corrected chi connectivity index (χ3v) is 8.22. The summed E-state index contributed by atoms with van der Waals surface area (Å²) in [5.41, 5.74) is 8.98. The van der Waals surface area contributed by atoms with Crippen molar-refractivity contribution in [3.8, 4) is 28.3 Å². The fourth-order valence-electron chi connectivity index (χ4n) is 6.29. The molecule has 42 heavy (non-hydrogen) atoms. The van der Waals surface area contributed by atoms with Crippen LogP contribution in [-0.2, 0) is 0 Å². The van der Waals surface area contributed by atoms with Crippen molar-refractivity contribution in [3.63, 3.8) is 0 Å². The predicted molar refractivity (Wildman–Crippen MR) is 172 cm³/mol. The highest BCUT2D eigenvalue weighted by atomic mass is 16.3. The molecule has 0 bridgehead atoms. The molecule has 0 N–H and O–H groups in total. The van der Waals surface area contributed by atoms with Gasteiger partial charge in [0, 0.05) is 27.1 Å². The van der Waals surface area contributed by atoms with Crippen molar-refractivity contribution in [1.82, 2.24) is 14.5 Å². The molecule has 0 radical (unpaired) electrons. The van der Waals surface area contributed by atoms with E-state index in [-0.39, 0.29) is 0 Å². The number of furan rings is 1. The minimum atomic E-state index is 0.633. The number of para-hydroxylation sites is 2. The topological polar surface area (TPSA) is 43.9 Å². The molecule has 4 heteroatoms. The van der Waals surface area contributed by atoms with Gasteiger partial charge in [-0.2, -0.15) is 0 Å². The van der Waals surface area contributed by atoms with E-state index in [2.05, 4.69) is 108 Å². The van der Waals surface area contributed by atoms with Gasteiger partial charge in [0.1, 0.15) is 11.2 Å². The summed E-state index contributed by atoms with van der Waals surface area (Å²) in [6.07, 6.45) is 0. The summed E-state index contributed by atoms with van der Waals surface area (Å²) in [7, 11) is 0. The molecular weight excluding hydrogens is 514 g/mol. The van der Waals surface area contributed by atoms with Crippen LogP contribution < -0.4 is 0 Å². The first-order chi connectivity index (χ1) is 20.8. The number of nitrogens with zero attached hydrogens (tertiary/aromatic N) is 3.